The molecule has 1 N–H and O–H groups in total. The number of amides is 1. The minimum absolute atomic E-state index is 0.0624. The largest absolute Gasteiger partial charge is 0.483 e. The Balaban J connectivity index is 1.30. The number of carbonyl (C=O) groups is 1. The number of aryl methyl sites for hydroxylation is 2. The van der Waals surface area contributed by atoms with Crippen molar-refractivity contribution in [2.45, 2.75) is 45.2 Å². The van der Waals surface area contributed by atoms with Gasteiger partial charge in [-0.2, -0.15) is 0 Å². The van der Waals surface area contributed by atoms with Gasteiger partial charge in [-0.15, -0.1) is 0 Å². The predicted molar refractivity (Wildman–Crippen MR) is 103 cm³/mol. The van der Waals surface area contributed by atoms with Crippen molar-refractivity contribution in [3.8, 4) is 5.75 Å². The van der Waals surface area contributed by atoms with E-state index in [1.54, 1.807) is 6.33 Å². The Labute approximate surface area is 161 Å². The third kappa shape index (κ3) is 2.78. The molecule has 1 aliphatic heterocycles. The Bertz CT molecular complexity index is 1120. The molecule has 0 spiro atoms. The van der Waals surface area contributed by atoms with E-state index in [4.69, 9.17) is 9.15 Å². The van der Waals surface area contributed by atoms with E-state index >= 15 is 0 Å². The number of hydrogen-bond acceptors (Lipinski definition) is 5. The highest BCUT2D eigenvalue weighted by Gasteiger charge is 2.24. The quantitative estimate of drug-likeness (QED) is 0.700. The van der Waals surface area contributed by atoms with Gasteiger partial charge in [0, 0.05) is 41.4 Å². The first-order valence-corrected chi connectivity index (χ1v) is 9.59. The monoisotopic (exact) mass is 379 g/mol. The summed E-state index contributed by atoms with van der Waals surface area (Å²) in [6.45, 7) is 2.51. The van der Waals surface area contributed by atoms with Crippen molar-refractivity contribution < 1.29 is 13.9 Å². The molecule has 5 rings (SSSR count). The average Bonchev–Trinajstić information content (AvgIpc) is 3.38. The van der Waals surface area contributed by atoms with E-state index in [1.165, 1.54) is 0 Å². The van der Waals surface area contributed by atoms with Crippen molar-refractivity contribution in [1.29, 1.82) is 0 Å². The van der Waals surface area contributed by atoms with Crippen LogP contribution in [0.5, 0.6) is 5.75 Å². The average molecular weight is 379 g/mol. The van der Waals surface area contributed by atoms with Crippen molar-refractivity contribution in [3.63, 3.8) is 0 Å². The summed E-state index contributed by atoms with van der Waals surface area (Å²) in [7, 11) is 0. The van der Waals surface area contributed by atoms with E-state index in [2.05, 4.69) is 10.3 Å². The van der Waals surface area contributed by atoms with Crippen molar-refractivity contribution in [2.24, 2.45) is 0 Å². The lowest BCUT2D eigenvalue weighted by molar-refractivity contribution is -0.123. The van der Waals surface area contributed by atoms with Crippen molar-refractivity contribution >= 4 is 16.9 Å². The summed E-state index contributed by atoms with van der Waals surface area (Å²) in [6, 6.07) is 3.85. The molecule has 0 saturated carbocycles. The summed E-state index contributed by atoms with van der Waals surface area (Å²) >= 11 is 0. The van der Waals surface area contributed by atoms with E-state index in [0.717, 1.165) is 60.0 Å². The number of ether oxygens (including phenoxy) is 1. The molecule has 1 unspecified atom stereocenters. The fraction of sp³-hybridized carbons (Fsp3) is 0.381. The molecule has 0 saturated heterocycles. The number of nitrogens with one attached hydrogen (secondary N) is 1. The normalized spacial score (nSPS) is 17.5. The Morgan fingerprint density at radius 1 is 1.36 bits per heavy atom. The number of benzene rings is 1. The minimum atomic E-state index is -0.252. The smallest absolute Gasteiger partial charge is 0.339 e. The van der Waals surface area contributed by atoms with E-state index in [-0.39, 0.29) is 24.2 Å². The second-order valence-corrected chi connectivity index (χ2v) is 7.56. The highest BCUT2D eigenvalue weighted by atomic mass is 16.5. The van der Waals surface area contributed by atoms with Crippen LogP contribution in [-0.2, 0) is 30.6 Å². The molecule has 1 aliphatic carbocycles. The summed E-state index contributed by atoms with van der Waals surface area (Å²) in [5.41, 5.74) is 4.08. The zero-order valence-electron chi connectivity index (χ0n) is 15.7. The summed E-state index contributed by atoms with van der Waals surface area (Å²) in [5.74, 6) is 0.393. The molecule has 7 heteroatoms. The number of carbonyl (C=O) groups excluding carboxylic acids is 1. The van der Waals surface area contributed by atoms with Crippen LogP contribution in [-0.4, -0.2) is 28.1 Å². The van der Waals surface area contributed by atoms with Gasteiger partial charge in [0.1, 0.15) is 11.3 Å². The highest BCUT2D eigenvalue weighted by Crippen LogP contribution is 2.32. The molecule has 1 atom stereocenters. The van der Waals surface area contributed by atoms with Crippen LogP contribution >= 0.6 is 0 Å². The molecule has 28 heavy (non-hydrogen) atoms. The van der Waals surface area contributed by atoms with Crippen LogP contribution in [0.25, 0.3) is 11.0 Å². The van der Waals surface area contributed by atoms with Gasteiger partial charge in [-0.3, -0.25) is 4.79 Å². The lowest BCUT2D eigenvalue weighted by atomic mass is 10.0. The topological polar surface area (TPSA) is 86.4 Å². The van der Waals surface area contributed by atoms with Crippen LogP contribution in [0.2, 0.25) is 0 Å². The zero-order chi connectivity index (χ0) is 19.3. The molecule has 144 valence electrons. The Morgan fingerprint density at radius 2 is 2.21 bits per heavy atom. The molecule has 0 fully saturated rings. The second kappa shape index (κ2) is 6.51. The van der Waals surface area contributed by atoms with Gasteiger partial charge in [-0.1, -0.05) is 0 Å². The standard InChI is InChI=1S/C21H21N3O4/c1-12-18(6-5-16-15-3-2-4-17(15)21(26)28-20(12)16)27-10-19(25)23-13-7-14-8-22-11-24(14)9-13/h5-6,8,11,13H,2-4,7,9-10H2,1H3,(H,23,25). The van der Waals surface area contributed by atoms with Gasteiger partial charge in [-0.25, -0.2) is 9.78 Å². The molecule has 1 aromatic carbocycles. The number of nitrogens with zero attached hydrogens (tertiary/aromatic N) is 2. The number of fused-ring (bicyclic) bond motifs is 4. The van der Waals surface area contributed by atoms with Gasteiger partial charge in [0.15, 0.2) is 6.61 Å². The van der Waals surface area contributed by atoms with Crippen LogP contribution in [0, 0.1) is 6.92 Å². The second-order valence-electron chi connectivity index (χ2n) is 7.56. The Kier molecular flexibility index (Phi) is 3.96. The maximum Gasteiger partial charge on any atom is 0.339 e. The molecular formula is C21H21N3O4. The number of hydrogen-bond donors (Lipinski definition) is 1. The van der Waals surface area contributed by atoms with E-state index in [0.29, 0.717) is 11.3 Å². The molecule has 0 bridgehead atoms. The van der Waals surface area contributed by atoms with Gasteiger partial charge in [0.2, 0.25) is 0 Å². The van der Waals surface area contributed by atoms with Gasteiger partial charge in [-0.05, 0) is 43.9 Å². The number of aromatic nitrogens is 2. The van der Waals surface area contributed by atoms with Gasteiger partial charge < -0.3 is 19.0 Å². The zero-order valence-corrected chi connectivity index (χ0v) is 15.7. The Morgan fingerprint density at radius 3 is 3.07 bits per heavy atom. The van der Waals surface area contributed by atoms with Crippen LogP contribution in [0.1, 0.15) is 28.8 Å². The maximum atomic E-state index is 12.3. The van der Waals surface area contributed by atoms with Gasteiger partial charge in [0.05, 0.1) is 12.4 Å². The van der Waals surface area contributed by atoms with Gasteiger partial charge >= 0.3 is 5.63 Å². The van der Waals surface area contributed by atoms with Crippen LogP contribution in [0.15, 0.2) is 33.9 Å². The van der Waals surface area contributed by atoms with Crippen molar-refractivity contribution in [2.75, 3.05) is 6.61 Å². The first-order chi connectivity index (χ1) is 13.6. The third-order valence-electron chi connectivity index (χ3n) is 5.74. The predicted octanol–water partition coefficient (Wildman–Crippen LogP) is 1.91. The molecule has 0 radical (unpaired) electrons. The lowest BCUT2D eigenvalue weighted by Gasteiger charge is -2.14. The molecule has 2 aromatic heterocycles. The van der Waals surface area contributed by atoms with E-state index < -0.39 is 0 Å². The van der Waals surface area contributed by atoms with Crippen LogP contribution in [0.4, 0.5) is 0 Å². The van der Waals surface area contributed by atoms with Crippen LogP contribution < -0.4 is 15.7 Å². The number of imidazole rings is 1. The van der Waals surface area contributed by atoms with Gasteiger partial charge in [0.25, 0.3) is 5.91 Å². The van der Waals surface area contributed by atoms with Crippen LogP contribution in [0.3, 0.4) is 0 Å². The van der Waals surface area contributed by atoms with E-state index in [1.807, 2.05) is 29.8 Å². The molecule has 3 aromatic rings. The van der Waals surface area contributed by atoms with E-state index in [9.17, 15) is 9.59 Å². The fourth-order valence-corrected chi connectivity index (χ4v) is 4.37. The third-order valence-corrected chi connectivity index (χ3v) is 5.74. The molecule has 7 nitrogen and oxygen atoms in total. The summed E-state index contributed by atoms with van der Waals surface area (Å²) in [5, 5.41) is 3.97. The summed E-state index contributed by atoms with van der Waals surface area (Å²) in [4.78, 5) is 28.6. The first kappa shape index (κ1) is 17.0. The Hall–Kier alpha value is -3.09. The molecular weight excluding hydrogens is 358 g/mol. The maximum absolute atomic E-state index is 12.3. The summed E-state index contributed by atoms with van der Waals surface area (Å²) in [6.07, 6.45) is 7.05. The molecule has 2 aliphatic rings. The lowest BCUT2D eigenvalue weighted by Crippen LogP contribution is -2.38. The fourth-order valence-electron chi connectivity index (χ4n) is 4.37. The molecule has 1 amide bonds. The SMILES string of the molecule is Cc1c(OCC(=O)NC2Cc3cncn3C2)ccc2c3c(c(=O)oc12)CCC3. The molecule has 3 heterocycles. The minimum Gasteiger partial charge on any atom is -0.483 e. The van der Waals surface area contributed by atoms with Crippen molar-refractivity contribution in [1.82, 2.24) is 14.9 Å². The highest BCUT2D eigenvalue weighted by molar-refractivity contribution is 5.86. The van der Waals surface area contributed by atoms with Crippen molar-refractivity contribution in [3.05, 3.63) is 57.5 Å². The summed E-state index contributed by atoms with van der Waals surface area (Å²) < 4.78 is 13.4. The number of rotatable bonds is 4. The first-order valence-electron chi connectivity index (χ1n) is 9.59.